The van der Waals surface area contributed by atoms with E-state index in [1.807, 2.05) is 4.90 Å². The summed E-state index contributed by atoms with van der Waals surface area (Å²) in [6.45, 7) is 7.26. The molecular formula is C18H24Cl2FN3O. The fourth-order valence-electron chi connectivity index (χ4n) is 3.17. The summed E-state index contributed by atoms with van der Waals surface area (Å²) in [5.41, 5.74) is 7.82. The zero-order chi connectivity index (χ0) is 16.8. The molecule has 1 unspecified atom stereocenters. The van der Waals surface area contributed by atoms with Gasteiger partial charge in [0.2, 0.25) is 0 Å². The van der Waals surface area contributed by atoms with Crippen LogP contribution in [0, 0.1) is 18.2 Å². The summed E-state index contributed by atoms with van der Waals surface area (Å²) in [6, 6.07) is 6.34. The highest BCUT2D eigenvalue weighted by atomic mass is 35.5. The van der Waals surface area contributed by atoms with Crippen LogP contribution in [-0.2, 0) is 0 Å². The number of hydrogen-bond acceptors (Lipinski definition) is 3. The van der Waals surface area contributed by atoms with Crippen molar-refractivity contribution < 1.29 is 9.18 Å². The van der Waals surface area contributed by atoms with E-state index in [0.29, 0.717) is 29.9 Å². The monoisotopic (exact) mass is 387 g/mol. The van der Waals surface area contributed by atoms with Crippen molar-refractivity contribution in [2.24, 2.45) is 11.1 Å². The number of amides is 1. The molecule has 0 radical (unpaired) electrons. The zero-order valence-electron chi connectivity index (χ0n) is 14.6. The van der Waals surface area contributed by atoms with Gasteiger partial charge in [0, 0.05) is 30.6 Å². The van der Waals surface area contributed by atoms with Crippen molar-refractivity contribution in [1.29, 1.82) is 0 Å². The van der Waals surface area contributed by atoms with Crippen LogP contribution in [0.3, 0.4) is 0 Å². The van der Waals surface area contributed by atoms with Gasteiger partial charge in [-0.25, -0.2) is 4.39 Å². The second-order valence-corrected chi connectivity index (χ2v) is 7.07. The molecule has 1 aliphatic heterocycles. The van der Waals surface area contributed by atoms with Gasteiger partial charge in [0.1, 0.15) is 5.82 Å². The number of carbonyl (C=O) groups excluding carboxylic acids is 1. The second kappa shape index (κ2) is 7.85. The van der Waals surface area contributed by atoms with Gasteiger partial charge < -0.3 is 10.6 Å². The molecule has 1 saturated heterocycles. The Morgan fingerprint density at radius 3 is 2.64 bits per heavy atom. The number of fused-ring (bicyclic) bond motifs is 1. The van der Waals surface area contributed by atoms with Gasteiger partial charge in [0.15, 0.2) is 0 Å². The van der Waals surface area contributed by atoms with E-state index < -0.39 is 0 Å². The first-order chi connectivity index (χ1) is 10.8. The predicted octanol–water partition coefficient (Wildman–Crippen LogP) is 3.73. The minimum absolute atomic E-state index is 0. The number of likely N-dealkylation sites (tertiary alicyclic amines) is 1. The predicted molar refractivity (Wildman–Crippen MR) is 103 cm³/mol. The first-order valence-corrected chi connectivity index (χ1v) is 7.90. The third-order valence-corrected chi connectivity index (χ3v) is 4.80. The first-order valence-electron chi connectivity index (χ1n) is 7.90. The SMILES string of the molecule is Cc1nc2cc(F)ccc2cc1C(=O)N1CCC(N)C(C)(C)C1.Cl.Cl. The Hall–Kier alpha value is -1.43. The highest BCUT2D eigenvalue weighted by molar-refractivity contribution is 5.98. The maximum absolute atomic E-state index is 13.3. The zero-order valence-corrected chi connectivity index (χ0v) is 16.2. The first kappa shape index (κ1) is 21.6. The maximum atomic E-state index is 13.3. The Balaban J connectivity index is 0.00000156. The van der Waals surface area contributed by atoms with Crippen LogP contribution in [0.5, 0.6) is 0 Å². The minimum Gasteiger partial charge on any atom is -0.338 e. The van der Waals surface area contributed by atoms with E-state index in [0.717, 1.165) is 11.8 Å². The Labute approximate surface area is 159 Å². The topological polar surface area (TPSA) is 59.2 Å². The van der Waals surface area contributed by atoms with Crippen LogP contribution >= 0.6 is 24.8 Å². The lowest BCUT2D eigenvalue weighted by atomic mass is 9.79. The van der Waals surface area contributed by atoms with E-state index in [4.69, 9.17) is 5.73 Å². The number of aryl methyl sites for hydroxylation is 1. The molecule has 2 heterocycles. The Morgan fingerprint density at radius 1 is 1.32 bits per heavy atom. The Bertz CT molecular complexity index is 782. The van der Waals surface area contributed by atoms with Gasteiger partial charge in [-0.3, -0.25) is 9.78 Å². The third kappa shape index (κ3) is 4.22. The van der Waals surface area contributed by atoms with Gasteiger partial charge in [-0.05, 0) is 37.0 Å². The summed E-state index contributed by atoms with van der Waals surface area (Å²) in [4.78, 5) is 19.1. The summed E-state index contributed by atoms with van der Waals surface area (Å²) in [5, 5.41) is 0.772. The standard InChI is InChI=1S/C18H22FN3O.2ClH/c1-11-14(8-12-4-5-13(19)9-15(12)21-11)17(23)22-7-6-16(20)18(2,3)10-22;;/h4-5,8-9,16H,6-7,10,20H2,1-3H3;2*1H. The molecule has 0 aliphatic carbocycles. The molecule has 1 fully saturated rings. The molecule has 138 valence electrons. The van der Waals surface area contributed by atoms with E-state index in [-0.39, 0.29) is 48.0 Å². The lowest BCUT2D eigenvalue weighted by Crippen LogP contribution is -2.54. The molecule has 2 N–H and O–H groups in total. The number of rotatable bonds is 1. The van der Waals surface area contributed by atoms with Gasteiger partial charge >= 0.3 is 0 Å². The van der Waals surface area contributed by atoms with E-state index in [1.54, 1.807) is 19.1 Å². The van der Waals surface area contributed by atoms with Crippen LogP contribution < -0.4 is 5.73 Å². The molecule has 1 aromatic carbocycles. The number of pyridine rings is 1. The van der Waals surface area contributed by atoms with E-state index >= 15 is 0 Å². The fraction of sp³-hybridized carbons (Fsp3) is 0.444. The molecule has 7 heteroatoms. The molecule has 3 rings (SSSR count). The van der Waals surface area contributed by atoms with Crippen LogP contribution in [0.15, 0.2) is 24.3 Å². The lowest BCUT2D eigenvalue weighted by molar-refractivity contribution is 0.0532. The molecule has 0 saturated carbocycles. The van der Waals surface area contributed by atoms with Crippen LogP contribution in [0.4, 0.5) is 4.39 Å². The molecule has 1 aromatic heterocycles. The van der Waals surface area contributed by atoms with Crippen molar-refractivity contribution in [2.45, 2.75) is 33.2 Å². The highest BCUT2D eigenvalue weighted by Gasteiger charge is 2.36. The van der Waals surface area contributed by atoms with Crippen LogP contribution in [-0.4, -0.2) is 34.9 Å². The number of piperidine rings is 1. The summed E-state index contributed by atoms with van der Waals surface area (Å²) in [6.07, 6.45) is 0.796. The van der Waals surface area contributed by atoms with Crippen molar-refractivity contribution in [3.63, 3.8) is 0 Å². The number of halogens is 3. The molecule has 1 aliphatic rings. The van der Waals surface area contributed by atoms with E-state index in [9.17, 15) is 9.18 Å². The van der Waals surface area contributed by atoms with Crippen LogP contribution in [0.25, 0.3) is 10.9 Å². The molecule has 1 atom stereocenters. The summed E-state index contributed by atoms with van der Waals surface area (Å²) in [7, 11) is 0. The summed E-state index contributed by atoms with van der Waals surface area (Å²) < 4.78 is 13.3. The van der Waals surface area contributed by atoms with Gasteiger partial charge in [0.25, 0.3) is 5.91 Å². The lowest BCUT2D eigenvalue weighted by Gasteiger charge is -2.42. The van der Waals surface area contributed by atoms with Gasteiger partial charge in [-0.15, -0.1) is 24.8 Å². The molecule has 0 bridgehead atoms. The number of nitrogens with zero attached hydrogens (tertiary/aromatic N) is 2. The van der Waals surface area contributed by atoms with Crippen molar-refractivity contribution in [1.82, 2.24) is 9.88 Å². The third-order valence-electron chi connectivity index (χ3n) is 4.80. The number of aromatic nitrogens is 1. The number of carbonyl (C=O) groups is 1. The molecular weight excluding hydrogens is 364 g/mol. The van der Waals surface area contributed by atoms with Gasteiger partial charge in [-0.2, -0.15) is 0 Å². The maximum Gasteiger partial charge on any atom is 0.255 e. The fourth-order valence-corrected chi connectivity index (χ4v) is 3.17. The van der Waals surface area contributed by atoms with Gasteiger partial charge in [0.05, 0.1) is 16.8 Å². The summed E-state index contributed by atoms with van der Waals surface area (Å²) >= 11 is 0. The normalized spacial score (nSPS) is 19.1. The molecule has 4 nitrogen and oxygen atoms in total. The van der Waals surface area contributed by atoms with E-state index in [1.165, 1.54) is 12.1 Å². The average Bonchev–Trinajstić information content (AvgIpc) is 2.48. The number of benzene rings is 1. The Morgan fingerprint density at radius 2 is 2.00 bits per heavy atom. The average molecular weight is 388 g/mol. The quantitative estimate of drug-likeness (QED) is 0.810. The largest absolute Gasteiger partial charge is 0.338 e. The molecule has 2 aromatic rings. The van der Waals surface area contributed by atoms with Crippen molar-refractivity contribution in [3.05, 3.63) is 41.3 Å². The summed E-state index contributed by atoms with van der Waals surface area (Å²) in [5.74, 6) is -0.351. The number of nitrogens with two attached hydrogens (primary N) is 1. The molecule has 25 heavy (non-hydrogen) atoms. The van der Waals surface area contributed by atoms with Crippen molar-refractivity contribution in [3.8, 4) is 0 Å². The number of hydrogen-bond donors (Lipinski definition) is 1. The van der Waals surface area contributed by atoms with Crippen LogP contribution in [0.2, 0.25) is 0 Å². The smallest absolute Gasteiger partial charge is 0.255 e. The Kier molecular flexibility index (Phi) is 6.79. The highest BCUT2D eigenvalue weighted by Crippen LogP contribution is 2.29. The van der Waals surface area contributed by atoms with Crippen molar-refractivity contribution >= 4 is 41.6 Å². The second-order valence-electron chi connectivity index (χ2n) is 7.07. The minimum atomic E-state index is -0.324. The van der Waals surface area contributed by atoms with Crippen molar-refractivity contribution in [2.75, 3.05) is 13.1 Å². The van der Waals surface area contributed by atoms with E-state index in [2.05, 4.69) is 18.8 Å². The molecule has 1 amide bonds. The van der Waals surface area contributed by atoms with Gasteiger partial charge in [-0.1, -0.05) is 13.8 Å². The molecule has 0 spiro atoms. The van der Waals surface area contributed by atoms with Crippen LogP contribution in [0.1, 0.15) is 36.3 Å².